The van der Waals surface area contributed by atoms with Crippen LogP contribution >= 0.6 is 15.9 Å². The average Bonchev–Trinajstić information content (AvgIpc) is 1.83. The zero-order valence-corrected chi connectivity index (χ0v) is 9.82. The largest absolute Gasteiger partial charge is 0.390 e. The molecule has 0 spiro atoms. The number of halogens is 1. The summed E-state index contributed by atoms with van der Waals surface area (Å²) in [5, 5.41) is 9.80. The first-order chi connectivity index (χ1) is 5.31. The Hall–Kier alpha value is 0.440. The van der Waals surface area contributed by atoms with Crippen LogP contribution in [-0.4, -0.2) is 15.0 Å². The Morgan fingerprint density at radius 1 is 1.33 bits per heavy atom. The second-order valence-corrected chi connectivity index (χ2v) is 6.76. The molecule has 0 radical (unpaired) electrons. The van der Waals surface area contributed by atoms with Crippen LogP contribution in [0.4, 0.5) is 0 Å². The zero-order valence-electron chi connectivity index (χ0n) is 8.23. The number of rotatable bonds is 1. The summed E-state index contributed by atoms with van der Waals surface area (Å²) in [6.07, 6.45) is 4.65. The van der Waals surface area contributed by atoms with E-state index in [4.69, 9.17) is 0 Å². The minimum atomic E-state index is -0.483. The fraction of sp³-hybridized carbons (Fsp3) is 1.00. The van der Waals surface area contributed by atoms with E-state index in [1.807, 2.05) is 13.8 Å². The molecule has 1 aliphatic rings. The highest BCUT2D eigenvalue weighted by Crippen LogP contribution is 2.41. The highest BCUT2D eigenvalue weighted by Gasteiger charge is 2.35. The van der Waals surface area contributed by atoms with Crippen LogP contribution in [0.1, 0.15) is 46.5 Å². The third kappa shape index (κ3) is 2.74. The number of aliphatic hydroxyl groups is 1. The lowest BCUT2D eigenvalue weighted by Crippen LogP contribution is -2.36. The van der Waals surface area contributed by atoms with Crippen LogP contribution in [0.15, 0.2) is 0 Å². The Morgan fingerprint density at radius 3 is 2.08 bits per heavy atom. The van der Waals surface area contributed by atoms with E-state index in [1.54, 1.807) is 0 Å². The quantitative estimate of drug-likeness (QED) is 0.692. The highest BCUT2D eigenvalue weighted by atomic mass is 79.9. The molecule has 0 heterocycles. The fourth-order valence-corrected chi connectivity index (χ4v) is 2.38. The van der Waals surface area contributed by atoms with Crippen LogP contribution in [0.3, 0.4) is 0 Å². The zero-order chi connectivity index (χ0) is 9.41. The van der Waals surface area contributed by atoms with Crippen molar-refractivity contribution in [3.63, 3.8) is 0 Å². The van der Waals surface area contributed by atoms with Crippen molar-refractivity contribution in [2.24, 2.45) is 5.92 Å². The van der Waals surface area contributed by atoms with Gasteiger partial charge in [0.05, 0.1) is 5.60 Å². The molecule has 1 nitrogen and oxygen atoms in total. The minimum Gasteiger partial charge on any atom is -0.390 e. The fourth-order valence-electron chi connectivity index (χ4n) is 1.93. The smallest absolute Gasteiger partial charge is 0.0619 e. The summed E-state index contributed by atoms with van der Waals surface area (Å²) in [5.74, 6) is 0.489. The van der Waals surface area contributed by atoms with Gasteiger partial charge in [-0.3, -0.25) is 0 Å². The normalized spacial score (nSPS) is 38.2. The van der Waals surface area contributed by atoms with Gasteiger partial charge in [-0.2, -0.15) is 0 Å². The van der Waals surface area contributed by atoms with Gasteiger partial charge in [0.15, 0.2) is 0 Å². The van der Waals surface area contributed by atoms with Crippen LogP contribution in [0, 0.1) is 5.92 Å². The van der Waals surface area contributed by atoms with E-state index >= 15 is 0 Å². The molecule has 1 aliphatic carbocycles. The van der Waals surface area contributed by atoms with Gasteiger partial charge in [0.2, 0.25) is 0 Å². The van der Waals surface area contributed by atoms with E-state index < -0.39 is 5.60 Å². The molecular formula is C10H19BrO. The maximum atomic E-state index is 9.80. The van der Waals surface area contributed by atoms with Gasteiger partial charge < -0.3 is 5.11 Å². The molecule has 2 heteroatoms. The molecule has 0 saturated heterocycles. The Morgan fingerprint density at radius 2 is 1.75 bits per heavy atom. The molecule has 0 bridgehead atoms. The molecule has 1 saturated carbocycles. The molecule has 1 N–H and O–H groups in total. The van der Waals surface area contributed by atoms with E-state index in [2.05, 4.69) is 22.9 Å². The first-order valence-electron chi connectivity index (χ1n) is 4.72. The summed E-state index contributed by atoms with van der Waals surface area (Å²) in [5.41, 5.74) is -0.483. The van der Waals surface area contributed by atoms with Crippen LogP contribution in [0.2, 0.25) is 0 Å². The van der Waals surface area contributed by atoms with E-state index in [1.165, 1.54) is 12.8 Å². The second kappa shape index (κ2) is 3.30. The minimum absolute atomic E-state index is 0.328. The van der Waals surface area contributed by atoms with Crippen LogP contribution in [-0.2, 0) is 0 Å². The first-order valence-corrected chi connectivity index (χ1v) is 5.52. The maximum absolute atomic E-state index is 9.80. The molecule has 0 aromatic carbocycles. The Bertz CT molecular complexity index is 148. The molecule has 0 atom stereocenters. The van der Waals surface area contributed by atoms with Gasteiger partial charge in [-0.25, -0.2) is 0 Å². The molecule has 1 rings (SSSR count). The third-order valence-electron chi connectivity index (χ3n) is 3.03. The van der Waals surface area contributed by atoms with Gasteiger partial charge in [-0.1, -0.05) is 15.9 Å². The molecule has 0 aromatic rings. The van der Waals surface area contributed by atoms with Crippen molar-refractivity contribution in [1.82, 2.24) is 0 Å². The van der Waals surface area contributed by atoms with Crippen molar-refractivity contribution in [1.29, 1.82) is 0 Å². The summed E-state index contributed by atoms with van der Waals surface area (Å²) in [6.45, 7) is 6.09. The predicted octanol–water partition coefficient (Wildman–Crippen LogP) is 3.10. The molecule has 72 valence electrons. The van der Waals surface area contributed by atoms with Gasteiger partial charge in [0.1, 0.15) is 0 Å². The molecule has 0 unspecified atom stereocenters. The summed E-state index contributed by atoms with van der Waals surface area (Å²) in [6, 6.07) is 0. The van der Waals surface area contributed by atoms with Gasteiger partial charge >= 0.3 is 0 Å². The topological polar surface area (TPSA) is 20.2 Å². The van der Waals surface area contributed by atoms with Crippen LogP contribution < -0.4 is 0 Å². The highest BCUT2D eigenvalue weighted by molar-refractivity contribution is 9.10. The Labute approximate surface area is 83.7 Å². The number of hydrogen-bond acceptors (Lipinski definition) is 1. The summed E-state index contributed by atoms with van der Waals surface area (Å²) in [7, 11) is 0. The molecular weight excluding hydrogens is 216 g/mol. The third-order valence-corrected chi connectivity index (χ3v) is 3.82. The lowest BCUT2D eigenvalue weighted by Gasteiger charge is -2.38. The lowest BCUT2D eigenvalue weighted by atomic mass is 9.75. The van der Waals surface area contributed by atoms with Crippen molar-refractivity contribution in [2.45, 2.75) is 56.4 Å². The van der Waals surface area contributed by atoms with Gasteiger partial charge in [-0.15, -0.1) is 0 Å². The molecule has 12 heavy (non-hydrogen) atoms. The van der Waals surface area contributed by atoms with Crippen molar-refractivity contribution in [3.8, 4) is 0 Å². The van der Waals surface area contributed by atoms with Gasteiger partial charge in [0.25, 0.3) is 0 Å². The van der Waals surface area contributed by atoms with E-state index in [-0.39, 0.29) is 0 Å². The van der Waals surface area contributed by atoms with Gasteiger partial charge in [-0.05, 0) is 52.4 Å². The first kappa shape index (κ1) is 10.5. The van der Waals surface area contributed by atoms with Crippen molar-refractivity contribution < 1.29 is 5.11 Å². The molecule has 0 aliphatic heterocycles. The molecule has 1 fully saturated rings. The van der Waals surface area contributed by atoms with Crippen molar-refractivity contribution in [3.05, 3.63) is 0 Å². The summed E-state index contributed by atoms with van der Waals surface area (Å²) < 4.78 is 0.328. The molecule has 0 amide bonds. The lowest BCUT2D eigenvalue weighted by molar-refractivity contribution is -0.00196. The van der Waals surface area contributed by atoms with Crippen LogP contribution in [0.25, 0.3) is 0 Å². The SMILES string of the molecule is CC1(Br)CCC(C(C)(C)O)CC1. The summed E-state index contributed by atoms with van der Waals surface area (Å²) >= 11 is 3.70. The average molecular weight is 235 g/mol. The van der Waals surface area contributed by atoms with Crippen molar-refractivity contribution in [2.75, 3.05) is 0 Å². The van der Waals surface area contributed by atoms with Crippen LogP contribution in [0.5, 0.6) is 0 Å². The Balaban J connectivity index is 2.47. The Kier molecular flexibility index (Phi) is 2.89. The monoisotopic (exact) mass is 234 g/mol. The van der Waals surface area contributed by atoms with E-state index in [0.717, 1.165) is 12.8 Å². The summed E-state index contributed by atoms with van der Waals surface area (Å²) in [4.78, 5) is 0. The standard InChI is InChI=1S/C10H19BrO/c1-9(2,12)8-4-6-10(3,11)7-5-8/h8,12H,4-7H2,1-3H3. The molecule has 0 aromatic heterocycles. The van der Waals surface area contributed by atoms with E-state index in [9.17, 15) is 5.11 Å². The van der Waals surface area contributed by atoms with Gasteiger partial charge in [0, 0.05) is 4.32 Å². The van der Waals surface area contributed by atoms with Crippen molar-refractivity contribution >= 4 is 15.9 Å². The second-order valence-electron chi connectivity index (χ2n) is 4.84. The van der Waals surface area contributed by atoms with E-state index in [0.29, 0.717) is 10.2 Å². The number of hydrogen-bond donors (Lipinski definition) is 1. The maximum Gasteiger partial charge on any atom is 0.0619 e. The predicted molar refractivity (Wildman–Crippen MR) is 55.6 cm³/mol. The number of alkyl halides is 1.